The third-order valence-electron chi connectivity index (χ3n) is 6.24. The molecule has 5 rings (SSSR count). The van der Waals surface area contributed by atoms with Crippen molar-refractivity contribution in [3.8, 4) is 0 Å². The fourth-order valence-electron chi connectivity index (χ4n) is 4.46. The molecule has 1 saturated heterocycles. The summed E-state index contributed by atoms with van der Waals surface area (Å²) in [6.07, 6.45) is 1.68. The van der Waals surface area contributed by atoms with Crippen LogP contribution in [0, 0.1) is 5.41 Å². The standard InChI is InChI=1S/C29H25N5O2/c30-28-33-29(23-12-3-1-4-13-23,24-14-5-2-6-15-24)27(36)34(28)20-21-10-9-11-22(18-21)26(35)32-19-25-16-7-8-17-31-25/h1-18H,19-20H2,(H2,30,33)(H,32,35). The molecule has 7 heteroatoms. The molecular weight excluding hydrogens is 450 g/mol. The Morgan fingerprint density at radius 3 is 2.19 bits per heavy atom. The van der Waals surface area contributed by atoms with E-state index < -0.39 is 5.54 Å². The predicted molar refractivity (Wildman–Crippen MR) is 137 cm³/mol. The molecule has 0 saturated carbocycles. The van der Waals surface area contributed by atoms with E-state index in [1.807, 2.05) is 84.9 Å². The molecule has 1 aliphatic heterocycles. The number of nitrogens with one attached hydrogen (secondary N) is 3. The summed E-state index contributed by atoms with van der Waals surface area (Å²) in [5, 5.41) is 14.7. The van der Waals surface area contributed by atoms with E-state index in [2.05, 4.69) is 15.6 Å². The second-order valence-electron chi connectivity index (χ2n) is 8.55. The van der Waals surface area contributed by atoms with Crippen molar-refractivity contribution in [1.82, 2.24) is 20.5 Å². The molecule has 36 heavy (non-hydrogen) atoms. The third-order valence-corrected chi connectivity index (χ3v) is 6.24. The molecule has 0 unspecified atom stereocenters. The molecule has 2 amide bonds. The lowest BCUT2D eigenvalue weighted by atomic mass is 9.82. The first-order valence-corrected chi connectivity index (χ1v) is 11.6. The average molecular weight is 476 g/mol. The summed E-state index contributed by atoms with van der Waals surface area (Å²) < 4.78 is 0. The molecule has 0 spiro atoms. The van der Waals surface area contributed by atoms with Gasteiger partial charge in [-0.2, -0.15) is 0 Å². The Labute approximate surface area is 209 Å². The first-order valence-electron chi connectivity index (χ1n) is 11.6. The number of nitrogens with zero attached hydrogens (tertiary/aromatic N) is 2. The van der Waals surface area contributed by atoms with Crippen molar-refractivity contribution in [3.63, 3.8) is 0 Å². The summed E-state index contributed by atoms with van der Waals surface area (Å²) in [7, 11) is 0. The minimum atomic E-state index is -1.20. The number of rotatable bonds is 7. The highest BCUT2D eigenvalue weighted by molar-refractivity contribution is 6.10. The van der Waals surface area contributed by atoms with Gasteiger partial charge in [-0.25, -0.2) is 0 Å². The van der Waals surface area contributed by atoms with E-state index in [1.54, 1.807) is 24.4 Å². The molecule has 0 radical (unpaired) electrons. The van der Waals surface area contributed by atoms with Crippen LogP contribution in [0.3, 0.4) is 0 Å². The van der Waals surface area contributed by atoms with Crippen molar-refractivity contribution >= 4 is 17.8 Å². The van der Waals surface area contributed by atoms with Crippen LogP contribution in [0.1, 0.15) is 32.7 Å². The number of carbonyl (C=O) groups is 2. The van der Waals surface area contributed by atoms with E-state index >= 15 is 0 Å². The lowest BCUT2D eigenvalue weighted by Crippen LogP contribution is -2.45. The second-order valence-corrected chi connectivity index (χ2v) is 8.55. The molecule has 0 bridgehead atoms. The van der Waals surface area contributed by atoms with Crippen LogP contribution in [-0.4, -0.2) is 27.7 Å². The first kappa shape index (κ1) is 23.0. The molecular formula is C29H25N5O2. The fraction of sp³-hybridized carbons (Fsp3) is 0.103. The zero-order chi connectivity index (χ0) is 25.0. The molecule has 2 heterocycles. The molecule has 178 valence electrons. The average Bonchev–Trinajstić information content (AvgIpc) is 3.19. The molecule has 1 aromatic heterocycles. The highest BCUT2D eigenvalue weighted by atomic mass is 16.2. The van der Waals surface area contributed by atoms with Gasteiger partial charge < -0.3 is 10.6 Å². The predicted octanol–water partition coefficient (Wildman–Crippen LogP) is 3.82. The lowest BCUT2D eigenvalue weighted by Gasteiger charge is -2.28. The molecule has 7 nitrogen and oxygen atoms in total. The van der Waals surface area contributed by atoms with E-state index in [1.165, 1.54) is 4.90 Å². The maximum absolute atomic E-state index is 14.0. The number of pyridine rings is 1. The number of amides is 2. The largest absolute Gasteiger partial charge is 0.346 e. The maximum atomic E-state index is 14.0. The molecule has 3 aromatic carbocycles. The van der Waals surface area contributed by atoms with E-state index in [4.69, 9.17) is 5.41 Å². The van der Waals surface area contributed by atoms with Crippen molar-refractivity contribution in [2.24, 2.45) is 0 Å². The van der Waals surface area contributed by atoms with Crippen LogP contribution in [0.4, 0.5) is 0 Å². The Morgan fingerprint density at radius 1 is 0.889 bits per heavy atom. The van der Waals surface area contributed by atoms with Crippen molar-refractivity contribution < 1.29 is 9.59 Å². The van der Waals surface area contributed by atoms with Gasteiger partial charge in [-0.3, -0.25) is 24.9 Å². The number of benzene rings is 3. The summed E-state index contributed by atoms with van der Waals surface area (Å²) >= 11 is 0. The zero-order valence-electron chi connectivity index (χ0n) is 19.5. The quantitative estimate of drug-likeness (QED) is 0.378. The highest BCUT2D eigenvalue weighted by Gasteiger charge is 2.52. The van der Waals surface area contributed by atoms with Gasteiger partial charge in [-0.05, 0) is 41.0 Å². The van der Waals surface area contributed by atoms with E-state index in [0.717, 1.165) is 22.4 Å². The van der Waals surface area contributed by atoms with Crippen molar-refractivity contribution in [1.29, 1.82) is 5.41 Å². The minimum absolute atomic E-state index is 0.0118. The monoisotopic (exact) mass is 475 g/mol. The number of aromatic nitrogens is 1. The first-order chi connectivity index (χ1) is 17.6. The van der Waals surface area contributed by atoms with Gasteiger partial charge in [0.25, 0.3) is 11.8 Å². The number of carbonyl (C=O) groups excluding carboxylic acids is 2. The summed E-state index contributed by atoms with van der Waals surface area (Å²) in [6, 6.07) is 31.5. The summed E-state index contributed by atoms with van der Waals surface area (Å²) in [5.74, 6) is -0.459. The summed E-state index contributed by atoms with van der Waals surface area (Å²) in [4.78, 5) is 32.3. The van der Waals surface area contributed by atoms with Crippen LogP contribution in [0.2, 0.25) is 0 Å². The van der Waals surface area contributed by atoms with Crippen LogP contribution < -0.4 is 10.6 Å². The van der Waals surface area contributed by atoms with Crippen LogP contribution in [0.15, 0.2) is 109 Å². The van der Waals surface area contributed by atoms with Gasteiger partial charge in [0.1, 0.15) is 0 Å². The SMILES string of the molecule is N=C1NC(c2ccccc2)(c2ccccc2)C(=O)N1Cc1cccc(C(=O)NCc2ccccn2)c1. The van der Waals surface area contributed by atoms with Crippen LogP contribution in [-0.2, 0) is 23.4 Å². The van der Waals surface area contributed by atoms with Gasteiger partial charge in [0.05, 0.1) is 18.8 Å². The Kier molecular flexibility index (Phi) is 6.28. The van der Waals surface area contributed by atoms with Crippen molar-refractivity contribution in [2.45, 2.75) is 18.6 Å². The Balaban J connectivity index is 1.39. The van der Waals surface area contributed by atoms with Crippen LogP contribution in [0.5, 0.6) is 0 Å². The molecule has 0 aliphatic carbocycles. The Morgan fingerprint density at radius 2 is 1.56 bits per heavy atom. The molecule has 1 fully saturated rings. The Hall–Kier alpha value is -4.78. The van der Waals surface area contributed by atoms with Crippen LogP contribution >= 0.6 is 0 Å². The number of guanidine groups is 1. The smallest absolute Gasteiger partial charge is 0.264 e. The van der Waals surface area contributed by atoms with E-state index in [-0.39, 0.29) is 24.3 Å². The van der Waals surface area contributed by atoms with Crippen molar-refractivity contribution in [2.75, 3.05) is 0 Å². The topological polar surface area (TPSA) is 98.2 Å². The van der Waals surface area contributed by atoms with E-state index in [0.29, 0.717) is 12.1 Å². The van der Waals surface area contributed by atoms with Gasteiger partial charge in [0.15, 0.2) is 11.5 Å². The number of hydrogen-bond donors (Lipinski definition) is 3. The summed E-state index contributed by atoms with van der Waals surface area (Å²) in [5.41, 5.74) is 2.32. The molecule has 1 aliphatic rings. The maximum Gasteiger partial charge on any atom is 0.264 e. The van der Waals surface area contributed by atoms with Gasteiger partial charge in [0.2, 0.25) is 0 Å². The van der Waals surface area contributed by atoms with Crippen molar-refractivity contribution in [3.05, 3.63) is 137 Å². The second kappa shape index (κ2) is 9.84. The molecule has 0 atom stereocenters. The molecule has 4 aromatic rings. The van der Waals surface area contributed by atoms with Gasteiger partial charge in [-0.1, -0.05) is 78.9 Å². The van der Waals surface area contributed by atoms with E-state index in [9.17, 15) is 9.59 Å². The summed E-state index contributed by atoms with van der Waals surface area (Å²) in [6.45, 7) is 0.479. The van der Waals surface area contributed by atoms with Crippen LogP contribution in [0.25, 0.3) is 0 Å². The van der Waals surface area contributed by atoms with Gasteiger partial charge >= 0.3 is 0 Å². The van der Waals surface area contributed by atoms with Gasteiger partial charge in [-0.15, -0.1) is 0 Å². The zero-order valence-corrected chi connectivity index (χ0v) is 19.5. The Bertz CT molecular complexity index is 1350. The highest BCUT2D eigenvalue weighted by Crippen LogP contribution is 2.36. The minimum Gasteiger partial charge on any atom is -0.346 e. The van der Waals surface area contributed by atoms with Gasteiger partial charge in [0, 0.05) is 11.8 Å². The number of hydrogen-bond acceptors (Lipinski definition) is 4. The normalized spacial score (nSPS) is 14.4. The fourth-order valence-corrected chi connectivity index (χ4v) is 4.46. The molecule has 3 N–H and O–H groups in total. The third kappa shape index (κ3) is 4.34. The lowest BCUT2D eigenvalue weighted by molar-refractivity contribution is -0.130.